The van der Waals surface area contributed by atoms with E-state index in [4.69, 9.17) is 4.74 Å². The van der Waals surface area contributed by atoms with E-state index in [0.29, 0.717) is 23.5 Å². The van der Waals surface area contributed by atoms with Crippen LogP contribution in [0.2, 0.25) is 0 Å². The van der Waals surface area contributed by atoms with Gasteiger partial charge in [0.15, 0.2) is 11.4 Å². The number of ketones is 1. The molecule has 0 aliphatic carbocycles. The smallest absolute Gasteiger partial charge is 0.199 e. The molecule has 0 unspecified atom stereocenters. The zero-order valence-electron chi connectivity index (χ0n) is 11.9. The van der Waals surface area contributed by atoms with Gasteiger partial charge in [-0.1, -0.05) is 0 Å². The molecule has 3 aromatic heterocycles. The highest BCUT2D eigenvalue weighted by atomic mass is 32.1. The molecule has 0 aliphatic rings. The van der Waals surface area contributed by atoms with E-state index >= 15 is 0 Å². The molecule has 0 N–H and O–H groups in total. The zero-order valence-corrected chi connectivity index (χ0v) is 12.7. The Bertz CT molecular complexity index is 778. The number of carbonyl (C=O) groups excluding carboxylic acids is 1. The van der Waals surface area contributed by atoms with E-state index in [1.54, 1.807) is 17.1 Å². The van der Waals surface area contributed by atoms with Crippen LogP contribution in [0.5, 0.6) is 5.75 Å². The SMILES string of the molecule is CCOc1c(C(=O)c2ccsc2)cnc2c1cnn2CC. The van der Waals surface area contributed by atoms with Crippen LogP contribution in [-0.4, -0.2) is 27.2 Å². The van der Waals surface area contributed by atoms with Crippen molar-refractivity contribution in [2.75, 3.05) is 6.61 Å². The first-order valence-electron chi connectivity index (χ1n) is 6.80. The van der Waals surface area contributed by atoms with Gasteiger partial charge in [-0.2, -0.15) is 16.4 Å². The quantitative estimate of drug-likeness (QED) is 0.679. The van der Waals surface area contributed by atoms with Gasteiger partial charge in [0.2, 0.25) is 0 Å². The summed E-state index contributed by atoms with van der Waals surface area (Å²) in [5.74, 6) is 0.497. The van der Waals surface area contributed by atoms with Crippen molar-refractivity contribution in [2.24, 2.45) is 0 Å². The highest BCUT2D eigenvalue weighted by molar-refractivity contribution is 7.08. The second-order valence-corrected chi connectivity index (χ2v) is 5.25. The first kappa shape index (κ1) is 13.8. The van der Waals surface area contributed by atoms with Crippen molar-refractivity contribution in [3.63, 3.8) is 0 Å². The number of ether oxygens (including phenoxy) is 1. The van der Waals surface area contributed by atoms with Crippen LogP contribution in [0.25, 0.3) is 11.0 Å². The summed E-state index contributed by atoms with van der Waals surface area (Å²) in [7, 11) is 0. The summed E-state index contributed by atoms with van der Waals surface area (Å²) in [6.45, 7) is 5.11. The number of aryl methyl sites for hydroxylation is 1. The largest absolute Gasteiger partial charge is 0.492 e. The Labute approximate surface area is 126 Å². The summed E-state index contributed by atoms with van der Waals surface area (Å²) in [6.07, 6.45) is 3.29. The van der Waals surface area contributed by atoms with Crippen LogP contribution in [0.4, 0.5) is 0 Å². The second-order valence-electron chi connectivity index (χ2n) is 4.47. The van der Waals surface area contributed by atoms with Crippen LogP contribution in [0.3, 0.4) is 0 Å². The van der Waals surface area contributed by atoms with Crippen molar-refractivity contribution >= 4 is 28.2 Å². The highest BCUT2D eigenvalue weighted by Crippen LogP contribution is 2.30. The van der Waals surface area contributed by atoms with Crippen molar-refractivity contribution in [1.82, 2.24) is 14.8 Å². The number of hydrogen-bond donors (Lipinski definition) is 0. The van der Waals surface area contributed by atoms with E-state index in [-0.39, 0.29) is 5.78 Å². The Morgan fingerprint density at radius 2 is 2.24 bits per heavy atom. The zero-order chi connectivity index (χ0) is 14.8. The standard InChI is InChI=1S/C15H15N3O2S/c1-3-18-15-12(8-17-18)14(20-4-2)11(7-16-15)13(19)10-5-6-21-9-10/h5-9H,3-4H2,1-2H3. The van der Waals surface area contributed by atoms with Gasteiger partial charge in [0.1, 0.15) is 5.75 Å². The predicted octanol–water partition coefficient (Wildman–Crippen LogP) is 3.14. The monoisotopic (exact) mass is 301 g/mol. The molecule has 0 radical (unpaired) electrons. The highest BCUT2D eigenvalue weighted by Gasteiger charge is 2.20. The summed E-state index contributed by atoms with van der Waals surface area (Å²) in [4.78, 5) is 17.0. The van der Waals surface area contributed by atoms with Crippen molar-refractivity contribution in [1.29, 1.82) is 0 Å². The molecular formula is C15H15N3O2S. The fraction of sp³-hybridized carbons (Fsp3) is 0.267. The molecule has 108 valence electrons. The maximum atomic E-state index is 12.6. The van der Waals surface area contributed by atoms with Gasteiger partial charge in [-0.3, -0.25) is 4.79 Å². The van der Waals surface area contributed by atoms with Gasteiger partial charge in [0.05, 0.1) is 23.8 Å². The maximum Gasteiger partial charge on any atom is 0.199 e. The minimum Gasteiger partial charge on any atom is -0.492 e. The number of carbonyl (C=O) groups is 1. The number of thiophene rings is 1. The molecule has 3 rings (SSSR count). The number of aromatic nitrogens is 3. The topological polar surface area (TPSA) is 57.0 Å². The van der Waals surface area contributed by atoms with Gasteiger partial charge in [0, 0.05) is 23.7 Å². The predicted molar refractivity (Wildman–Crippen MR) is 82.1 cm³/mol. The van der Waals surface area contributed by atoms with Crippen LogP contribution in [0, 0.1) is 0 Å². The molecule has 3 heterocycles. The van der Waals surface area contributed by atoms with Gasteiger partial charge < -0.3 is 4.74 Å². The van der Waals surface area contributed by atoms with Gasteiger partial charge in [-0.15, -0.1) is 0 Å². The lowest BCUT2D eigenvalue weighted by Gasteiger charge is -2.10. The van der Waals surface area contributed by atoms with E-state index in [1.807, 2.05) is 30.7 Å². The third-order valence-electron chi connectivity index (χ3n) is 3.23. The number of nitrogens with zero attached hydrogens (tertiary/aromatic N) is 3. The lowest BCUT2D eigenvalue weighted by Crippen LogP contribution is -2.06. The van der Waals surface area contributed by atoms with Crippen molar-refractivity contribution in [3.8, 4) is 5.75 Å². The van der Waals surface area contributed by atoms with Gasteiger partial charge >= 0.3 is 0 Å². The normalized spacial score (nSPS) is 11.0. The maximum absolute atomic E-state index is 12.6. The second kappa shape index (κ2) is 5.65. The molecule has 5 nitrogen and oxygen atoms in total. The number of pyridine rings is 1. The molecule has 0 spiro atoms. The Kier molecular flexibility index (Phi) is 3.70. The fourth-order valence-corrected chi connectivity index (χ4v) is 2.88. The van der Waals surface area contributed by atoms with Crippen molar-refractivity contribution in [3.05, 3.63) is 40.3 Å². The Hall–Kier alpha value is -2.21. The van der Waals surface area contributed by atoms with Crippen LogP contribution < -0.4 is 4.74 Å². The summed E-state index contributed by atoms with van der Waals surface area (Å²) in [5, 5.41) is 8.78. The molecule has 6 heteroatoms. The van der Waals surface area contributed by atoms with Crippen molar-refractivity contribution < 1.29 is 9.53 Å². The molecule has 0 saturated carbocycles. The van der Waals surface area contributed by atoms with Crippen LogP contribution in [0.1, 0.15) is 29.8 Å². The van der Waals surface area contributed by atoms with Crippen LogP contribution >= 0.6 is 11.3 Å². The lowest BCUT2D eigenvalue weighted by atomic mass is 10.1. The summed E-state index contributed by atoms with van der Waals surface area (Å²) < 4.78 is 7.50. The summed E-state index contributed by atoms with van der Waals surface area (Å²) in [6, 6.07) is 1.81. The van der Waals surface area contributed by atoms with E-state index in [2.05, 4.69) is 10.1 Å². The molecule has 0 fully saturated rings. The minimum absolute atomic E-state index is 0.0710. The molecule has 21 heavy (non-hydrogen) atoms. The Morgan fingerprint density at radius 3 is 2.90 bits per heavy atom. The van der Waals surface area contributed by atoms with Gasteiger partial charge in [0.25, 0.3) is 0 Å². The van der Waals surface area contributed by atoms with Crippen LogP contribution in [0.15, 0.2) is 29.2 Å². The molecular weight excluding hydrogens is 286 g/mol. The number of hydrogen-bond acceptors (Lipinski definition) is 5. The van der Waals surface area contributed by atoms with E-state index < -0.39 is 0 Å². The molecule has 0 atom stereocenters. The molecule has 3 aromatic rings. The van der Waals surface area contributed by atoms with Gasteiger partial charge in [-0.05, 0) is 25.3 Å². The summed E-state index contributed by atoms with van der Waals surface area (Å²) in [5.41, 5.74) is 1.88. The van der Waals surface area contributed by atoms with Gasteiger partial charge in [-0.25, -0.2) is 9.67 Å². The summed E-state index contributed by atoms with van der Waals surface area (Å²) >= 11 is 1.49. The first-order chi connectivity index (χ1) is 10.3. The Balaban J connectivity index is 2.18. The van der Waals surface area contributed by atoms with E-state index in [1.165, 1.54) is 11.3 Å². The third-order valence-corrected chi connectivity index (χ3v) is 3.92. The molecule has 0 aromatic carbocycles. The first-order valence-corrected chi connectivity index (χ1v) is 7.74. The van der Waals surface area contributed by atoms with Crippen LogP contribution in [-0.2, 0) is 6.54 Å². The number of fused-ring (bicyclic) bond motifs is 1. The fourth-order valence-electron chi connectivity index (χ4n) is 2.25. The molecule has 0 saturated heterocycles. The molecule has 0 amide bonds. The minimum atomic E-state index is -0.0710. The average molecular weight is 301 g/mol. The number of rotatable bonds is 5. The molecule has 0 aliphatic heterocycles. The van der Waals surface area contributed by atoms with Crippen molar-refractivity contribution in [2.45, 2.75) is 20.4 Å². The van der Waals surface area contributed by atoms with E-state index in [9.17, 15) is 4.79 Å². The lowest BCUT2D eigenvalue weighted by molar-refractivity contribution is 0.103. The Morgan fingerprint density at radius 1 is 1.38 bits per heavy atom. The molecule has 0 bridgehead atoms. The average Bonchev–Trinajstić information content (AvgIpc) is 3.16. The van der Waals surface area contributed by atoms with E-state index in [0.717, 1.165) is 17.6 Å². The third kappa shape index (κ3) is 2.31.